The number of piperazine rings is 1. The Balaban J connectivity index is 1.50. The molecule has 2 atom stereocenters. The highest BCUT2D eigenvalue weighted by molar-refractivity contribution is 7.99. The van der Waals surface area contributed by atoms with Crippen molar-refractivity contribution in [1.29, 1.82) is 0 Å². The third-order valence-corrected chi connectivity index (χ3v) is 7.68. The lowest BCUT2D eigenvalue weighted by Gasteiger charge is -2.40. The third-order valence-electron chi connectivity index (χ3n) is 6.64. The molecule has 0 saturated carbocycles. The predicted octanol–water partition coefficient (Wildman–Crippen LogP) is 4.20. The van der Waals surface area contributed by atoms with Crippen LogP contribution in [0.5, 0.6) is 0 Å². The second kappa shape index (κ2) is 14.5. The monoisotopic (exact) mass is 546 g/mol. The van der Waals surface area contributed by atoms with Gasteiger partial charge in [-0.1, -0.05) is 55.4 Å². The number of benzene rings is 1. The van der Waals surface area contributed by atoms with Gasteiger partial charge in [0.05, 0.1) is 5.75 Å². The predicted molar refractivity (Wildman–Crippen MR) is 152 cm³/mol. The van der Waals surface area contributed by atoms with Crippen molar-refractivity contribution in [2.45, 2.75) is 57.8 Å². The molecule has 10 heteroatoms. The molecule has 0 bridgehead atoms. The van der Waals surface area contributed by atoms with Gasteiger partial charge in [0.25, 0.3) is 5.91 Å². The second-order valence-electron chi connectivity index (χ2n) is 9.42. The van der Waals surface area contributed by atoms with E-state index in [0.29, 0.717) is 41.3 Å². The number of hydrogen-bond acceptors (Lipinski definition) is 7. The molecule has 1 N–H and O–H groups in total. The van der Waals surface area contributed by atoms with E-state index in [-0.39, 0.29) is 29.7 Å². The quantitative estimate of drug-likeness (QED) is 0.243. The van der Waals surface area contributed by atoms with E-state index >= 15 is 0 Å². The van der Waals surface area contributed by atoms with Gasteiger partial charge < -0.3 is 20.0 Å². The Morgan fingerprint density at radius 1 is 1.19 bits per heavy atom. The molecule has 0 spiro atoms. The van der Waals surface area contributed by atoms with Crippen molar-refractivity contribution in [3.63, 3.8) is 0 Å². The molecule has 1 saturated heterocycles. The molecule has 2 unspecified atom stereocenters. The number of thioether (sulfide) groups is 1. The van der Waals surface area contributed by atoms with Crippen LogP contribution in [0.15, 0.2) is 41.6 Å². The summed E-state index contributed by atoms with van der Waals surface area (Å²) in [7, 11) is 0. The molecule has 37 heavy (non-hydrogen) atoms. The summed E-state index contributed by atoms with van der Waals surface area (Å²) in [4.78, 5) is 40.8. The summed E-state index contributed by atoms with van der Waals surface area (Å²) in [6.45, 7) is 13.5. The van der Waals surface area contributed by atoms with Crippen molar-refractivity contribution >= 4 is 41.0 Å². The zero-order valence-electron chi connectivity index (χ0n) is 22.3. The van der Waals surface area contributed by atoms with Gasteiger partial charge in [-0.25, -0.2) is 9.97 Å². The molecule has 2 aromatic rings. The number of nitrogens with zero attached hydrogens (tertiary/aromatic N) is 5. The van der Waals surface area contributed by atoms with Gasteiger partial charge in [0.2, 0.25) is 5.91 Å². The van der Waals surface area contributed by atoms with Crippen LogP contribution in [0, 0.1) is 0 Å². The van der Waals surface area contributed by atoms with Gasteiger partial charge in [0, 0.05) is 43.3 Å². The van der Waals surface area contributed by atoms with Crippen LogP contribution in [0.3, 0.4) is 0 Å². The lowest BCUT2D eigenvalue weighted by molar-refractivity contribution is -0.119. The Bertz CT molecular complexity index is 1020. The number of nitrogens with one attached hydrogen (secondary N) is 1. The summed E-state index contributed by atoms with van der Waals surface area (Å²) in [5.41, 5.74) is 0.697. The molecule has 2 heterocycles. The maximum Gasteiger partial charge on any atom is 0.254 e. The van der Waals surface area contributed by atoms with Crippen LogP contribution in [-0.4, -0.2) is 88.7 Å². The molecule has 0 aliphatic carbocycles. The maximum atomic E-state index is 12.9. The summed E-state index contributed by atoms with van der Waals surface area (Å²) in [5.74, 6) is 0.951. The minimum Gasteiger partial charge on any atom is -0.353 e. The molecule has 3 rings (SSSR count). The lowest BCUT2D eigenvalue weighted by atomic mass is 10.1. The molecule has 2 amide bonds. The number of aromatic nitrogens is 2. The van der Waals surface area contributed by atoms with Gasteiger partial charge in [-0.15, -0.1) is 0 Å². The fourth-order valence-electron chi connectivity index (χ4n) is 4.51. The first-order chi connectivity index (χ1) is 17.8. The molecule has 8 nitrogen and oxygen atoms in total. The first-order valence-corrected chi connectivity index (χ1v) is 14.5. The van der Waals surface area contributed by atoms with Crippen molar-refractivity contribution in [3.05, 3.63) is 47.1 Å². The average Bonchev–Trinajstić information content (AvgIpc) is 2.89. The Morgan fingerprint density at radius 3 is 2.59 bits per heavy atom. The Kier molecular flexibility index (Phi) is 11.5. The minimum atomic E-state index is -0.0351. The Hall–Kier alpha value is -2.36. The van der Waals surface area contributed by atoms with Gasteiger partial charge >= 0.3 is 0 Å². The number of carbonyl (C=O) groups excluding carboxylic acids is 2. The number of amides is 2. The largest absolute Gasteiger partial charge is 0.353 e. The van der Waals surface area contributed by atoms with Gasteiger partial charge in [-0.2, -0.15) is 0 Å². The summed E-state index contributed by atoms with van der Waals surface area (Å²) >= 11 is 7.60. The molecular formula is C27H39ClN6O2S. The number of hydrogen-bond donors (Lipinski definition) is 1. The highest BCUT2D eigenvalue weighted by Crippen LogP contribution is 2.24. The van der Waals surface area contributed by atoms with Crippen LogP contribution >= 0.6 is 23.4 Å². The molecule has 202 valence electrons. The van der Waals surface area contributed by atoms with E-state index in [1.807, 2.05) is 49.1 Å². The van der Waals surface area contributed by atoms with Crippen LogP contribution in [0.4, 0.5) is 5.82 Å². The second-order valence-corrected chi connectivity index (χ2v) is 10.7. The van der Waals surface area contributed by atoms with E-state index in [9.17, 15) is 9.59 Å². The van der Waals surface area contributed by atoms with E-state index in [1.165, 1.54) is 11.8 Å². The van der Waals surface area contributed by atoms with Crippen molar-refractivity contribution in [2.75, 3.05) is 49.9 Å². The topological polar surface area (TPSA) is 81.7 Å². The Labute approximate surface area is 230 Å². The summed E-state index contributed by atoms with van der Waals surface area (Å²) in [6.07, 6.45) is 2.00. The fraction of sp³-hybridized carbons (Fsp3) is 0.556. The van der Waals surface area contributed by atoms with Gasteiger partial charge in [0.1, 0.15) is 11.0 Å². The van der Waals surface area contributed by atoms with Gasteiger partial charge in [-0.05, 0) is 58.5 Å². The zero-order chi connectivity index (χ0) is 26.8. The molecule has 1 aliphatic rings. The van der Waals surface area contributed by atoms with E-state index < -0.39 is 0 Å². The van der Waals surface area contributed by atoms with Crippen molar-refractivity contribution in [2.24, 2.45) is 0 Å². The lowest BCUT2D eigenvalue weighted by Crippen LogP contribution is -2.54. The minimum absolute atomic E-state index is 0.0142. The molecule has 0 radical (unpaired) electrons. The van der Waals surface area contributed by atoms with E-state index in [1.54, 1.807) is 6.07 Å². The number of anilines is 1. The maximum absolute atomic E-state index is 12.9. The smallest absolute Gasteiger partial charge is 0.254 e. The van der Waals surface area contributed by atoms with Crippen molar-refractivity contribution in [1.82, 2.24) is 25.1 Å². The summed E-state index contributed by atoms with van der Waals surface area (Å²) < 4.78 is 0. The fourth-order valence-corrected chi connectivity index (χ4v) is 5.40. The third kappa shape index (κ3) is 8.86. The van der Waals surface area contributed by atoms with E-state index in [0.717, 1.165) is 32.5 Å². The van der Waals surface area contributed by atoms with E-state index in [2.05, 4.69) is 38.9 Å². The van der Waals surface area contributed by atoms with Crippen LogP contribution in [0.2, 0.25) is 5.15 Å². The Morgan fingerprint density at radius 2 is 1.92 bits per heavy atom. The first-order valence-electron chi connectivity index (χ1n) is 13.1. The van der Waals surface area contributed by atoms with Gasteiger partial charge in [-0.3, -0.25) is 9.59 Å². The van der Waals surface area contributed by atoms with Gasteiger partial charge in [0.15, 0.2) is 5.16 Å². The van der Waals surface area contributed by atoms with Crippen LogP contribution in [-0.2, 0) is 4.79 Å². The van der Waals surface area contributed by atoms with Crippen LogP contribution in [0.1, 0.15) is 50.9 Å². The van der Waals surface area contributed by atoms with E-state index in [4.69, 9.17) is 11.6 Å². The number of halogens is 1. The van der Waals surface area contributed by atoms with Crippen molar-refractivity contribution in [3.8, 4) is 0 Å². The molecular weight excluding hydrogens is 508 g/mol. The first kappa shape index (κ1) is 29.2. The summed E-state index contributed by atoms with van der Waals surface area (Å²) in [5, 5.41) is 3.89. The average molecular weight is 547 g/mol. The standard InChI is InChI=1S/C27H39ClN6O2S/c1-5-32(6-2)14-10-11-20(3)29-25(35)19-37-27-30-23(28)17-24(31-27)33-15-16-34(21(4)18-33)26(36)22-12-8-7-9-13-22/h7-9,12-13,17,20-21H,5-6,10-11,14-16,18-19H2,1-4H3,(H,29,35). The summed E-state index contributed by atoms with van der Waals surface area (Å²) in [6, 6.07) is 11.2. The normalized spacial score (nSPS) is 16.6. The SMILES string of the molecule is CCN(CC)CCCC(C)NC(=O)CSc1nc(Cl)cc(N2CCN(C(=O)c3ccccc3)C(C)C2)n1. The van der Waals surface area contributed by atoms with Crippen LogP contribution < -0.4 is 10.2 Å². The highest BCUT2D eigenvalue weighted by Gasteiger charge is 2.29. The number of rotatable bonds is 12. The molecule has 1 aromatic carbocycles. The molecule has 1 aliphatic heterocycles. The number of carbonyl (C=O) groups is 2. The molecule has 1 aromatic heterocycles. The highest BCUT2D eigenvalue weighted by atomic mass is 35.5. The van der Waals surface area contributed by atoms with Crippen LogP contribution in [0.25, 0.3) is 0 Å². The van der Waals surface area contributed by atoms with Crippen molar-refractivity contribution < 1.29 is 9.59 Å². The zero-order valence-corrected chi connectivity index (χ0v) is 23.9. The molecule has 1 fully saturated rings.